The molecule has 1 aliphatic heterocycles. The number of hydrogen-bond donors (Lipinski definition) is 3. The van der Waals surface area contributed by atoms with E-state index in [0.717, 1.165) is 49.6 Å². The van der Waals surface area contributed by atoms with E-state index in [1.54, 1.807) is 6.20 Å². The van der Waals surface area contributed by atoms with Gasteiger partial charge in [-0.1, -0.05) is 19.8 Å². The van der Waals surface area contributed by atoms with Gasteiger partial charge in [-0.3, -0.25) is 9.89 Å². The number of aromatic amines is 1. The van der Waals surface area contributed by atoms with E-state index in [2.05, 4.69) is 38.8 Å². The third kappa shape index (κ3) is 4.15. The summed E-state index contributed by atoms with van der Waals surface area (Å²) in [6.07, 6.45) is 10.3. The number of carbonyl (C=O) groups is 1. The molecule has 10 heteroatoms. The highest BCUT2D eigenvalue weighted by atomic mass is 32.1. The van der Waals surface area contributed by atoms with Crippen LogP contribution in [0.1, 0.15) is 68.3 Å². The minimum Gasteiger partial charge on any atom is -0.329 e. The van der Waals surface area contributed by atoms with Crippen molar-refractivity contribution in [2.45, 2.75) is 70.3 Å². The monoisotopic (exact) mass is 478 g/mol. The van der Waals surface area contributed by atoms with Crippen molar-refractivity contribution in [1.29, 1.82) is 0 Å². The molecule has 0 unspecified atom stereocenters. The summed E-state index contributed by atoms with van der Waals surface area (Å²) >= 11 is 1.43. The van der Waals surface area contributed by atoms with Gasteiger partial charge in [0.25, 0.3) is 0 Å². The van der Waals surface area contributed by atoms with Gasteiger partial charge in [0.2, 0.25) is 11.9 Å². The van der Waals surface area contributed by atoms with Gasteiger partial charge in [-0.15, -0.1) is 11.3 Å². The summed E-state index contributed by atoms with van der Waals surface area (Å²) in [6.45, 7) is 3.01. The van der Waals surface area contributed by atoms with E-state index in [4.69, 9.17) is 9.97 Å². The molecule has 178 valence electrons. The Bertz CT molecular complexity index is 1170. The lowest BCUT2D eigenvalue weighted by Gasteiger charge is -2.24. The predicted octanol–water partition coefficient (Wildman–Crippen LogP) is 4.40. The number of carbonyl (C=O) groups excluding carboxylic acids is 1. The summed E-state index contributed by atoms with van der Waals surface area (Å²) in [5, 5.41) is 16.7. The van der Waals surface area contributed by atoms with Crippen LogP contribution in [-0.4, -0.2) is 43.6 Å². The van der Waals surface area contributed by atoms with E-state index in [1.807, 2.05) is 10.3 Å². The number of fused-ring (bicyclic) bond motifs is 1. The molecular weight excluding hydrogens is 448 g/mol. The Labute approximate surface area is 202 Å². The summed E-state index contributed by atoms with van der Waals surface area (Å²) in [5.41, 5.74) is 3.46. The quantitative estimate of drug-likeness (QED) is 0.481. The molecule has 0 radical (unpaired) electrons. The summed E-state index contributed by atoms with van der Waals surface area (Å²) in [6, 6.07) is 1.83. The molecule has 34 heavy (non-hydrogen) atoms. The number of aromatic nitrogens is 5. The second-order valence-corrected chi connectivity index (χ2v) is 10.7. The molecule has 3 aliphatic rings. The Morgan fingerprint density at radius 1 is 1.18 bits per heavy atom. The number of rotatable bonds is 6. The van der Waals surface area contributed by atoms with Crippen LogP contribution in [0, 0.1) is 5.92 Å². The van der Waals surface area contributed by atoms with E-state index >= 15 is 0 Å². The normalized spacial score (nSPS) is 22.3. The third-order valence-corrected chi connectivity index (χ3v) is 7.98. The Morgan fingerprint density at radius 3 is 2.88 bits per heavy atom. The fourth-order valence-corrected chi connectivity index (χ4v) is 6.14. The van der Waals surface area contributed by atoms with Crippen molar-refractivity contribution in [3.05, 3.63) is 34.6 Å². The molecule has 0 aromatic carbocycles. The number of anilines is 4. The molecule has 3 aromatic heterocycles. The molecule has 6 rings (SSSR count). The SMILES string of the molecule is C[C@@H]1Cc2nc(N3CCC[C@@H]3C(=O)Nc3nccs3)nc(Nc3cc(C4CCCC4)[nH]n3)c2C1. The fraction of sp³-hybridized carbons (Fsp3) is 0.542. The van der Waals surface area contributed by atoms with Crippen LogP contribution in [-0.2, 0) is 17.6 Å². The Hall–Kier alpha value is -3.01. The first-order valence-electron chi connectivity index (χ1n) is 12.3. The van der Waals surface area contributed by atoms with E-state index in [-0.39, 0.29) is 11.9 Å². The molecule has 0 bridgehead atoms. The van der Waals surface area contributed by atoms with Crippen LogP contribution >= 0.6 is 11.3 Å². The zero-order chi connectivity index (χ0) is 23.1. The summed E-state index contributed by atoms with van der Waals surface area (Å²) in [4.78, 5) is 29.1. The van der Waals surface area contributed by atoms with Crippen molar-refractivity contribution < 1.29 is 4.79 Å². The van der Waals surface area contributed by atoms with Crippen LogP contribution < -0.4 is 15.5 Å². The highest BCUT2D eigenvalue weighted by Crippen LogP contribution is 2.36. The van der Waals surface area contributed by atoms with Gasteiger partial charge in [-0.05, 0) is 44.4 Å². The topological polar surface area (TPSA) is 112 Å². The maximum Gasteiger partial charge on any atom is 0.248 e. The number of nitrogens with one attached hydrogen (secondary N) is 3. The molecule has 0 spiro atoms. The Balaban J connectivity index is 1.27. The molecule has 3 N–H and O–H groups in total. The van der Waals surface area contributed by atoms with Crippen LogP contribution in [0.2, 0.25) is 0 Å². The van der Waals surface area contributed by atoms with E-state index < -0.39 is 0 Å². The van der Waals surface area contributed by atoms with Gasteiger partial charge < -0.3 is 15.5 Å². The number of hydrogen-bond acceptors (Lipinski definition) is 8. The Kier molecular flexibility index (Phi) is 5.68. The van der Waals surface area contributed by atoms with Gasteiger partial charge in [0, 0.05) is 41.4 Å². The van der Waals surface area contributed by atoms with Crippen molar-refractivity contribution in [2.24, 2.45) is 5.92 Å². The first-order chi connectivity index (χ1) is 16.6. The summed E-state index contributed by atoms with van der Waals surface area (Å²) in [7, 11) is 0. The first kappa shape index (κ1) is 21.5. The highest BCUT2D eigenvalue weighted by molar-refractivity contribution is 7.13. The van der Waals surface area contributed by atoms with Crippen LogP contribution in [0.4, 0.5) is 22.7 Å². The van der Waals surface area contributed by atoms with Gasteiger partial charge in [0.15, 0.2) is 10.9 Å². The van der Waals surface area contributed by atoms with Crippen molar-refractivity contribution in [3.8, 4) is 0 Å². The maximum absolute atomic E-state index is 13.0. The lowest BCUT2D eigenvalue weighted by molar-refractivity contribution is -0.117. The highest BCUT2D eigenvalue weighted by Gasteiger charge is 2.35. The van der Waals surface area contributed by atoms with Crippen LogP contribution in [0.5, 0.6) is 0 Å². The molecular formula is C24H30N8OS. The van der Waals surface area contributed by atoms with Crippen LogP contribution in [0.15, 0.2) is 17.6 Å². The largest absolute Gasteiger partial charge is 0.329 e. The van der Waals surface area contributed by atoms with Crippen LogP contribution in [0.25, 0.3) is 0 Å². The molecule has 3 aromatic rings. The van der Waals surface area contributed by atoms with Crippen molar-refractivity contribution in [3.63, 3.8) is 0 Å². The lowest BCUT2D eigenvalue weighted by Crippen LogP contribution is -2.40. The minimum absolute atomic E-state index is 0.0482. The van der Waals surface area contributed by atoms with Crippen molar-refractivity contribution in [2.75, 3.05) is 22.1 Å². The van der Waals surface area contributed by atoms with Crippen molar-refractivity contribution in [1.82, 2.24) is 25.1 Å². The number of thiazole rings is 1. The molecule has 2 aliphatic carbocycles. The third-order valence-electron chi connectivity index (χ3n) is 7.29. The zero-order valence-corrected chi connectivity index (χ0v) is 20.2. The zero-order valence-electron chi connectivity index (χ0n) is 19.4. The van der Waals surface area contributed by atoms with Crippen molar-refractivity contribution >= 4 is 40.0 Å². The second kappa shape index (κ2) is 8.98. The number of nitrogens with zero attached hydrogens (tertiary/aromatic N) is 5. The molecule has 1 saturated heterocycles. The minimum atomic E-state index is -0.298. The van der Waals surface area contributed by atoms with Gasteiger partial charge in [-0.25, -0.2) is 9.97 Å². The smallest absolute Gasteiger partial charge is 0.248 e. The van der Waals surface area contributed by atoms with E-state index in [0.29, 0.717) is 22.9 Å². The fourth-order valence-electron chi connectivity index (χ4n) is 5.60. The number of amides is 1. The van der Waals surface area contributed by atoms with Gasteiger partial charge in [-0.2, -0.15) is 10.1 Å². The predicted molar refractivity (Wildman–Crippen MR) is 133 cm³/mol. The van der Waals surface area contributed by atoms with E-state index in [1.165, 1.54) is 48.3 Å². The summed E-state index contributed by atoms with van der Waals surface area (Å²) in [5.74, 6) is 3.30. The molecule has 2 atom stereocenters. The number of H-pyrrole nitrogens is 1. The second-order valence-electron chi connectivity index (χ2n) is 9.80. The molecule has 1 saturated carbocycles. The molecule has 4 heterocycles. The van der Waals surface area contributed by atoms with Crippen LogP contribution in [0.3, 0.4) is 0 Å². The summed E-state index contributed by atoms with van der Waals surface area (Å²) < 4.78 is 0. The Morgan fingerprint density at radius 2 is 2.06 bits per heavy atom. The first-order valence-corrected chi connectivity index (χ1v) is 13.2. The lowest BCUT2D eigenvalue weighted by atomic mass is 10.0. The molecule has 1 amide bonds. The van der Waals surface area contributed by atoms with Gasteiger partial charge in [0.1, 0.15) is 11.9 Å². The molecule has 2 fully saturated rings. The average Bonchev–Trinajstić information content (AvgIpc) is 3.64. The molecule has 9 nitrogen and oxygen atoms in total. The average molecular weight is 479 g/mol. The standard InChI is InChI=1S/C24H30N8OS/c1-14-11-16-18(12-14)26-23(32-9-4-7-19(32)22(33)29-24-25-8-10-34-24)28-21(16)27-20-13-17(30-31-20)15-5-2-3-6-15/h8,10,13-15,19H,2-7,9,11-12H2,1H3,(H,25,29,33)(H2,26,27,28,30,31)/t14-,19+/m0/s1. The maximum atomic E-state index is 13.0. The van der Waals surface area contributed by atoms with E-state index in [9.17, 15) is 4.79 Å². The van der Waals surface area contributed by atoms with Gasteiger partial charge >= 0.3 is 0 Å². The van der Waals surface area contributed by atoms with Gasteiger partial charge in [0.05, 0.1) is 5.69 Å².